The fourth-order valence-corrected chi connectivity index (χ4v) is 3.56. The van der Waals surface area contributed by atoms with Crippen LogP contribution >= 0.6 is 0 Å². The molecular formula is C24H50N5O2+. The summed E-state index contributed by atoms with van der Waals surface area (Å²) in [5.74, 6) is 0.0416. The first kappa shape index (κ1) is 29.2. The van der Waals surface area contributed by atoms with Gasteiger partial charge in [-0.25, -0.2) is 0 Å². The van der Waals surface area contributed by atoms with Crippen molar-refractivity contribution >= 4 is 17.8 Å². The fraction of sp³-hybridized carbons (Fsp3) is 0.875. The lowest BCUT2D eigenvalue weighted by molar-refractivity contribution is -0.459. The first-order chi connectivity index (χ1) is 15.0. The lowest BCUT2D eigenvalue weighted by Gasteiger charge is -2.18. The molecule has 1 unspecified atom stereocenters. The molecule has 0 aliphatic heterocycles. The molecule has 0 bridgehead atoms. The zero-order valence-electron chi connectivity index (χ0n) is 20.3. The lowest BCUT2D eigenvalue weighted by Crippen LogP contribution is -2.78. The van der Waals surface area contributed by atoms with Crippen molar-refractivity contribution in [3.05, 3.63) is 0 Å². The van der Waals surface area contributed by atoms with Crippen molar-refractivity contribution in [2.24, 2.45) is 11.5 Å². The van der Waals surface area contributed by atoms with E-state index in [0.29, 0.717) is 32.4 Å². The van der Waals surface area contributed by atoms with E-state index in [0.717, 1.165) is 25.7 Å². The van der Waals surface area contributed by atoms with E-state index in [2.05, 4.69) is 29.5 Å². The summed E-state index contributed by atoms with van der Waals surface area (Å²) in [4.78, 5) is 27.8. The summed E-state index contributed by atoms with van der Waals surface area (Å²) >= 11 is 0. The summed E-state index contributed by atoms with van der Waals surface area (Å²) in [6.45, 7) is 5.64. The summed E-state index contributed by atoms with van der Waals surface area (Å²) in [6.07, 6.45) is 17.1. The number of carbonyl (C=O) groups excluding carboxylic acids is 2. The molecule has 0 aromatic rings. The van der Waals surface area contributed by atoms with E-state index in [-0.39, 0.29) is 17.8 Å². The van der Waals surface area contributed by atoms with Gasteiger partial charge in [-0.3, -0.25) is 26.0 Å². The maximum Gasteiger partial charge on any atom is 0.338 e. The monoisotopic (exact) mass is 440 g/mol. The molecule has 0 fully saturated rings. The van der Waals surface area contributed by atoms with Crippen LogP contribution in [-0.2, 0) is 9.59 Å². The van der Waals surface area contributed by atoms with Gasteiger partial charge in [0.25, 0.3) is 0 Å². The van der Waals surface area contributed by atoms with Gasteiger partial charge in [-0.05, 0) is 25.7 Å². The van der Waals surface area contributed by atoms with Gasteiger partial charge in [-0.2, -0.15) is 0 Å². The molecule has 0 aromatic carbocycles. The van der Waals surface area contributed by atoms with Crippen LogP contribution in [0.5, 0.6) is 0 Å². The maximum absolute atomic E-state index is 12.6. The van der Waals surface area contributed by atoms with E-state index < -0.39 is 6.04 Å². The number of nitrogens with two attached hydrogens (primary N) is 2. The number of hydrogen-bond acceptors (Lipinski definition) is 2. The van der Waals surface area contributed by atoms with Gasteiger partial charge in [0.05, 0.1) is 6.54 Å². The second-order valence-corrected chi connectivity index (χ2v) is 8.57. The molecule has 31 heavy (non-hydrogen) atoms. The van der Waals surface area contributed by atoms with Gasteiger partial charge in [-0.1, -0.05) is 84.5 Å². The van der Waals surface area contributed by atoms with Gasteiger partial charge in [0.15, 0.2) is 0 Å². The second-order valence-electron chi connectivity index (χ2n) is 8.57. The minimum atomic E-state index is -0.502. The Balaban J connectivity index is 4.19. The largest absolute Gasteiger partial charge is 0.354 e. The van der Waals surface area contributed by atoms with Crippen molar-refractivity contribution in [3.63, 3.8) is 0 Å². The molecule has 182 valence electrons. The van der Waals surface area contributed by atoms with Crippen LogP contribution in [0, 0.1) is 0 Å². The average Bonchev–Trinajstić information content (AvgIpc) is 2.74. The molecule has 2 amide bonds. The highest BCUT2D eigenvalue weighted by molar-refractivity contribution is 5.87. The van der Waals surface area contributed by atoms with Gasteiger partial charge in [0.1, 0.15) is 6.04 Å². The lowest BCUT2D eigenvalue weighted by atomic mass is 10.1. The second kappa shape index (κ2) is 21.4. The van der Waals surface area contributed by atoms with Crippen molar-refractivity contribution in [1.29, 1.82) is 0 Å². The molecular weight excluding hydrogens is 390 g/mol. The van der Waals surface area contributed by atoms with Crippen LogP contribution in [0.15, 0.2) is 0 Å². The minimum absolute atomic E-state index is 0.0352. The summed E-state index contributed by atoms with van der Waals surface area (Å²) < 4.78 is 0. The van der Waals surface area contributed by atoms with Crippen LogP contribution in [0.4, 0.5) is 0 Å². The highest BCUT2D eigenvalue weighted by Crippen LogP contribution is 2.10. The van der Waals surface area contributed by atoms with Crippen LogP contribution in [0.1, 0.15) is 117 Å². The van der Waals surface area contributed by atoms with E-state index >= 15 is 0 Å². The zero-order chi connectivity index (χ0) is 23.2. The molecule has 7 N–H and O–H groups in total. The van der Waals surface area contributed by atoms with E-state index in [1.54, 1.807) is 0 Å². The van der Waals surface area contributed by atoms with Crippen LogP contribution in [-0.4, -0.2) is 36.9 Å². The van der Waals surface area contributed by atoms with Crippen molar-refractivity contribution in [2.45, 2.75) is 123 Å². The Morgan fingerprint density at radius 3 is 1.90 bits per heavy atom. The molecule has 7 nitrogen and oxygen atoms in total. The molecule has 0 radical (unpaired) electrons. The highest BCUT2D eigenvalue weighted by atomic mass is 16.2. The Morgan fingerprint density at radius 2 is 1.32 bits per heavy atom. The topological polar surface area (TPSA) is 124 Å². The number of hydrogen-bond donors (Lipinski definition) is 5. The Bertz CT molecular complexity index is 479. The van der Waals surface area contributed by atoms with Crippen LogP contribution in [0.2, 0.25) is 0 Å². The third kappa shape index (κ3) is 19.9. The standard InChI is InChI=1S/C24H49N5O2/c1-3-5-7-9-10-11-12-13-14-18-22(30)29-21(17-16-20-28-24(25)26)23(31)27-19-15-8-6-4-2/h21H,3-20H2,1-2H3,(H,27,31)(H,29,30)(H4,25,26,28)/p+1. The SMILES string of the molecule is CCCCCCCCCCCC(=O)NC(CCC[NH+]=C(N)N)C(=O)NCCCCCC. The smallest absolute Gasteiger partial charge is 0.338 e. The van der Waals surface area contributed by atoms with Crippen molar-refractivity contribution in [1.82, 2.24) is 10.6 Å². The number of unbranched alkanes of at least 4 members (excludes halogenated alkanes) is 11. The van der Waals surface area contributed by atoms with Crippen molar-refractivity contribution < 1.29 is 14.6 Å². The van der Waals surface area contributed by atoms with Gasteiger partial charge in [0.2, 0.25) is 11.8 Å². The number of guanidine groups is 1. The van der Waals surface area contributed by atoms with Gasteiger partial charge >= 0.3 is 5.96 Å². The van der Waals surface area contributed by atoms with E-state index in [9.17, 15) is 9.59 Å². The normalized spacial score (nSPS) is 11.7. The Kier molecular flexibility index (Phi) is 20.2. The average molecular weight is 441 g/mol. The molecule has 7 heteroatoms. The van der Waals surface area contributed by atoms with E-state index in [1.165, 1.54) is 57.8 Å². The summed E-state index contributed by atoms with van der Waals surface area (Å²) in [5.41, 5.74) is 10.8. The Hall–Kier alpha value is -1.79. The van der Waals surface area contributed by atoms with E-state index in [1.807, 2.05) is 0 Å². The van der Waals surface area contributed by atoms with Crippen LogP contribution in [0.3, 0.4) is 0 Å². The highest BCUT2D eigenvalue weighted by Gasteiger charge is 2.20. The summed E-state index contributed by atoms with van der Waals surface area (Å²) in [7, 11) is 0. The van der Waals surface area contributed by atoms with Gasteiger partial charge < -0.3 is 10.6 Å². The van der Waals surface area contributed by atoms with Crippen molar-refractivity contribution in [3.8, 4) is 0 Å². The fourth-order valence-electron chi connectivity index (χ4n) is 3.56. The molecule has 0 saturated carbocycles. The number of rotatable bonds is 21. The Labute approximate surface area is 190 Å². The minimum Gasteiger partial charge on any atom is -0.354 e. The first-order valence-corrected chi connectivity index (χ1v) is 12.7. The third-order valence-corrected chi connectivity index (χ3v) is 5.49. The van der Waals surface area contributed by atoms with Crippen LogP contribution < -0.4 is 27.1 Å². The number of nitrogens with one attached hydrogen (secondary N) is 3. The quantitative estimate of drug-likeness (QED) is 0.107. The van der Waals surface area contributed by atoms with E-state index in [4.69, 9.17) is 11.5 Å². The maximum atomic E-state index is 12.6. The number of amides is 2. The van der Waals surface area contributed by atoms with Crippen molar-refractivity contribution in [2.75, 3.05) is 13.1 Å². The van der Waals surface area contributed by atoms with Crippen LogP contribution in [0.25, 0.3) is 0 Å². The molecule has 0 aliphatic carbocycles. The summed E-state index contributed by atoms with van der Waals surface area (Å²) in [6, 6.07) is -0.502. The molecule has 0 saturated heterocycles. The predicted octanol–water partition coefficient (Wildman–Crippen LogP) is 2.22. The molecule has 0 heterocycles. The third-order valence-electron chi connectivity index (χ3n) is 5.49. The molecule has 1 atom stereocenters. The predicted molar refractivity (Wildman–Crippen MR) is 129 cm³/mol. The zero-order valence-corrected chi connectivity index (χ0v) is 20.3. The molecule has 0 rings (SSSR count). The first-order valence-electron chi connectivity index (χ1n) is 12.7. The van der Waals surface area contributed by atoms with Gasteiger partial charge in [0, 0.05) is 13.0 Å². The molecule has 0 spiro atoms. The summed E-state index contributed by atoms with van der Waals surface area (Å²) in [5, 5.41) is 5.91. The number of carbonyl (C=O) groups is 2. The molecule has 0 aliphatic rings. The van der Waals surface area contributed by atoms with Gasteiger partial charge in [-0.15, -0.1) is 0 Å². The molecule has 0 aromatic heterocycles. The Morgan fingerprint density at radius 1 is 0.774 bits per heavy atom.